The lowest BCUT2D eigenvalue weighted by Gasteiger charge is -2.22. The van der Waals surface area contributed by atoms with E-state index in [4.69, 9.17) is 0 Å². The van der Waals surface area contributed by atoms with Crippen LogP contribution in [0.5, 0.6) is 0 Å². The molecule has 3 rings (SSSR count). The third-order valence-electron chi connectivity index (χ3n) is 3.88. The van der Waals surface area contributed by atoms with Crippen molar-refractivity contribution in [1.29, 1.82) is 0 Å². The van der Waals surface area contributed by atoms with Gasteiger partial charge >= 0.3 is 0 Å². The molecule has 2 atom stereocenters. The molecule has 0 radical (unpaired) electrons. The van der Waals surface area contributed by atoms with Crippen LogP contribution in [-0.4, -0.2) is 11.9 Å². The van der Waals surface area contributed by atoms with E-state index in [0.29, 0.717) is 0 Å². The molecule has 2 N–H and O–H groups in total. The van der Waals surface area contributed by atoms with E-state index < -0.39 is 6.04 Å². The molecule has 25 heavy (non-hydrogen) atoms. The van der Waals surface area contributed by atoms with Gasteiger partial charge in [-0.1, -0.05) is 36.4 Å². The molecule has 0 fully saturated rings. The van der Waals surface area contributed by atoms with Crippen molar-refractivity contribution in [2.75, 3.05) is 5.32 Å². The smallest absolute Gasteiger partial charge is 0.241 e. The molecule has 2 unspecified atom stereocenters. The summed E-state index contributed by atoms with van der Waals surface area (Å²) >= 11 is 1.60. The molecule has 0 spiro atoms. The molecule has 0 saturated carbocycles. The highest BCUT2D eigenvalue weighted by atomic mass is 32.1. The Bertz CT molecular complexity index is 803. The number of para-hydroxylation sites is 1. The van der Waals surface area contributed by atoms with E-state index in [2.05, 4.69) is 10.6 Å². The SMILES string of the molecule is CC(NC(c1ccc(F)cc1)c1cccs1)C(=O)Nc1ccccc1. The van der Waals surface area contributed by atoms with Crippen molar-refractivity contribution in [2.45, 2.75) is 19.0 Å². The normalized spacial score (nSPS) is 13.2. The van der Waals surface area contributed by atoms with Gasteiger partial charge in [0.1, 0.15) is 5.82 Å². The first-order chi connectivity index (χ1) is 12.1. The van der Waals surface area contributed by atoms with Crippen LogP contribution in [0.25, 0.3) is 0 Å². The Morgan fingerprint density at radius 2 is 1.72 bits per heavy atom. The zero-order valence-corrected chi connectivity index (χ0v) is 14.6. The van der Waals surface area contributed by atoms with Gasteiger partial charge in [0, 0.05) is 10.6 Å². The second-order valence-corrected chi connectivity index (χ2v) is 6.72. The molecule has 0 saturated heterocycles. The second kappa shape index (κ2) is 8.05. The van der Waals surface area contributed by atoms with E-state index >= 15 is 0 Å². The summed E-state index contributed by atoms with van der Waals surface area (Å²) in [7, 11) is 0. The van der Waals surface area contributed by atoms with Gasteiger partial charge in [0.2, 0.25) is 5.91 Å². The Kier molecular flexibility index (Phi) is 5.58. The zero-order chi connectivity index (χ0) is 17.6. The molecule has 1 heterocycles. The lowest BCUT2D eigenvalue weighted by atomic mass is 10.0. The maximum Gasteiger partial charge on any atom is 0.241 e. The number of anilines is 1. The van der Waals surface area contributed by atoms with E-state index in [0.717, 1.165) is 16.1 Å². The third kappa shape index (κ3) is 4.53. The van der Waals surface area contributed by atoms with Gasteiger partial charge in [-0.2, -0.15) is 0 Å². The lowest BCUT2D eigenvalue weighted by Crippen LogP contribution is -2.40. The van der Waals surface area contributed by atoms with Crippen molar-refractivity contribution in [2.24, 2.45) is 0 Å². The minimum absolute atomic E-state index is 0.116. The Balaban J connectivity index is 1.75. The van der Waals surface area contributed by atoms with Crippen molar-refractivity contribution in [3.05, 3.63) is 88.4 Å². The Morgan fingerprint density at radius 3 is 2.36 bits per heavy atom. The number of carbonyl (C=O) groups is 1. The highest BCUT2D eigenvalue weighted by Crippen LogP contribution is 2.27. The molecule has 3 nitrogen and oxygen atoms in total. The Hall–Kier alpha value is -2.50. The topological polar surface area (TPSA) is 41.1 Å². The average molecular weight is 354 g/mol. The minimum Gasteiger partial charge on any atom is -0.325 e. The van der Waals surface area contributed by atoms with E-state index in [1.54, 1.807) is 23.5 Å². The standard InChI is InChI=1S/C20H19FN2OS/c1-14(20(24)23-17-6-3-2-4-7-17)22-19(18-8-5-13-25-18)15-9-11-16(21)12-10-15/h2-14,19,22H,1H3,(H,23,24). The average Bonchev–Trinajstić information content (AvgIpc) is 3.15. The van der Waals surface area contributed by atoms with E-state index in [-0.39, 0.29) is 17.8 Å². The van der Waals surface area contributed by atoms with Crippen molar-refractivity contribution >= 4 is 22.9 Å². The largest absolute Gasteiger partial charge is 0.325 e. The van der Waals surface area contributed by atoms with Crippen LogP contribution >= 0.6 is 11.3 Å². The van der Waals surface area contributed by atoms with Crippen LogP contribution in [0.4, 0.5) is 10.1 Å². The van der Waals surface area contributed by atoms with Gasteiger partial charge in [0.05, 0.1) is 12.1 Å². The van der Waals surface area contributed by atoms with E-state index in [1.807, 2.05) is 54.8 Å². The second-order valence-electron chi connectivity index (χ2n) is 5.74. The number of hydrogen-bond donors (Lipinski definition) is 2. The van der Waals surface area contributed by atoms with E-state index in [9.17, 15) is 9.18 Å². The molecule has 1 aromatic heterocycles. The third-order valence-corrected chi connectivity index (χ3v) is 4.82. The first kappa shape index (κ1) is 17.3. The molecule has 5 heteroatoms. The van der Waals surface area contributed by atoms with Crippen LogP contribution in [0.15, 0.2) is 72.1 Å². The quantitative estimate of drug-likeness (QED) is 0.680. The summed E-state index contributed by atoms with van der Waals surface area (Å²) in [6.07, 6.45) is 0. The summed E-state index contributed by atoms with van der Waals surface area (Å²) in [6, 6.07) is 19.1. The fourth-order valence-electron chi connectivity index (χ4n) is 2.55. The summed E-state index contributed by atoms with van der Waals surface area (Å²) in [5, 5.41) is 8.23. The molecule has 1 amide bonds. The highest BCUT2D eigenvalue weighted by molar-refractivity contribution is 7.10. The predicted molar refractivity (Wildman–Crippen MR) is 100 cm³/mol. The Morgan fingerprint density at radius 1 is 1.00 bits per heavy atom. The molecule has 0 aliphatic rings. The maximum atomic E-state index is 13.2. The van der Waals surface area contributed by atoms with Crippen molar-refractivity contribution in [3.63, 3.8) is 0 Å². The van der Waals surface area contributed by atoms with Crippen molar-refractivity contribution in [3.8, 4) is 0 Å². The number of thiophene rings is 1. The predicted octanol–water partition coefficient (Wildman–Crippen LogP) is 4.59. The van der Waals surface area contributed by atoms with Crippen molar-refractivity contribution < 1.29 is 9.18 Å². The molecule has 128 valence electrons. The summed E-state index contributed by atoms with van der Waals surface area (Å²) in [5.41, 5.74) is 1.68. The number of benzene rings is 2. The molecule has 0 aliphatic heterocycles. The first-order valence-corrected chi connectivity index (χ1v) is 8.92. The monoisotopic (exact) mass is 354 g/mol. The number of carbonyl (C=O) groups excluding carboxylic acids is 1. The van der Waals surface area contributed by atoms with Gasteiger partial charge in [-0.15, -0.1) is 11.3 Å². The zero-order valence-electron chi connectivity index (χ0n) is 13.8. The lowest BCUT2D eigenvalue weighted by molar-refractivity contribution is -0.117. The highest BCUT2D eigenvalue weighted by Gasteiger charge is 2.21. The first-order valence-electron chi connectivity index (χ1n) is 8.04. The molecule has 0 bridgehead atoms. The van der Waals surface area contributed by atoms with Crippen LogP contribution in [0, 0.1) is 5.82 Å². The summed E-state index contributed by atoms with van der Waals surface area (Å²) in [6.45, 7) is 1.82. The maximum absolute atomic E-state index is 13.2. The number of halogens is 1. The molecule has 0 aliphatic carbocycles. The number of rotatable bonds is 6. The van der Waals surface area contributed by atoms with Crippen LogP contribution < -0.4 is 10.6 Å². The van der Waals surface area contributed by atoms with Crippen LogP contribution in [0.3, 0.4) is 0 Å². The fourth-order valence-corrected chi connectivity index (χ4v) is 3.36. The van der Waals surface area contributed by atoms with Crippen molar-refractivity contribution in [1.82, 2.24) is 5.32 Å². The number of nitrogens with one attached hydrogen (secondary N) is 2. The van der Waals surface area contributed by atoms with Crippen LogP contribution in [0.2, 0.25) is 0 Å². The number of hydrogen-bond acceptors (Lipinski definition) is 3. The molecular formula is C20H19FN2OS. The number of amides is 1. The summed E-state index contributed by atoms with van der Waals surface area (Å²) < 4.78 is 13.2. The Labute approximate surface area is 150 Å². The molecule has 3 aromatic rings. The van der Waals surface area contributed by atoms with Gasteiger partial charge in [0.25, 0.3) is 0 Å². The summed E-state index contributed by atoms with van der Waals surface area (Å²) in [5.74, 6) is -0.390. The van der Waals surface area contributed by atoms with Crippen LogP contribution in [0.1, 0.15) is 23.4 Å². The fraction of sp³-hybridized carbons (Fsp3) is 0.150. The van der Waals surface area contributed by atoms with E-state index in [1.165, 1.54) is 12.1 Å². The van der Waals surface area contributed by atoms with Gasteiger partial charge in [-0.05, 0) is 48.2 Å². The molecular weight excluding hydrogens is 335 g/mol. The van der Waals surface area contributed by atoms with Gasteiger partial charge in [-0.3, -0.25) is 10.1 Å². The molecule has 2 aromatic carbocycles. The summed E-state index contributed by atoms with van der Waals surface area (Å²) in [4.78, 5) is 13.5. The van der Waals surface area contributed by atoms with Gasteiger partial charge < -0.3 is 5.32 Å². The van der Waals surface area contributed by atoms with Crippen LogP contribution in [-0.2, 0) is 4.79 Å². The van der Waals surface area contributed by atoms with Gasteiger partial charge in [0.15, 0.2) is 0 Å². The minimum atomic E-state index is -0.419. The van der Waals surface area contributed by atoms with Gasteiger partial charge in [-0.25, -0.2) is 4.39 Å².